The molecular formula is C22H26N4O5. The zero-order chi connectivity index (χ0) is 22.2. The van der Waals surface area contributed by atoms with Crippen molar-refractivity contribution in [3.05, 3.63) is 24.5 Å². The third-order valence-corrected chi connectivity index (χ3v) is 5.41. The molecule has 0 radical (unpaired) electrons. The van der Waals surface area contributed by atoms with Crippen molar-refractivity contribution in [3.8, 4) is 0 Å². The second-order valence-electron chi connectivity index (χ2n) is 7.47. The predicted octanol–water partition coefficient (Wildman–Crippen LogP) is 3.20. The van der Waals surface area contributed by atoms with E-state index in [1.807, 2.05) is 0 Å². The van der Waals surface area contributed by atoms with Gasteiger partial charge in [-0.3, -0.25) is 14.4 Å². The lowest BCUT2D eigenvalue weighted by Gasteiger charge is -2.10. The summed E-state index contributed by atoms with van der Waals surface area (Å²) in [7, 11) is 2.35. The van der Waals surface area contributed by atoms with Crippen LogP contribution in [0.3, 0.4) is 0 Å². The first-order chi connectivity index (χ1) is 15.0. The normalized spacial score (nSPS) is 14.3. The van der Waals surface area contributed by atoms with Crippen molar-refractivity contribution in [1.82, 2.24) is 9.97 Å². The Hall–Kier alpha value is -3.36. The van der Waals surface area contributed by atoms with Crippen LogP contribution < -0.4 is 5.32 Å². The van der Waals surface area contributed by atoms with Crippen LogP contribution in [0.1, 0.15) is 38.5 Å². The van der Waals surface area contributed by atoms with E-state index in [0.29, 0.717) is 28.9 Å². The van der Waals surface area contributed by atoms with Gasteiger partial charge in [-0.1, -0.05) is 25.7 Å². The SMILES string of the molecule is COC(=O)C(C=Nc1ncnc2ccc(NC(=O)CCC3CCCC3)cc12)C(=O)OC. The van der Waals surface area contributed by atoms with E-state index in [1.54, 1.807) is 18.2 Å². The smallest absolute Gasteiger partial charge is 0.325 e. The molecule has 0 bridgehead atoms. The van der Waals surface area contributed by atoms with Crippen LogP contribution in [0.25, 0.3) is 10.9 Å². The van der Waals surface area contributed by atoms with E-state index in [4.69, 9.17) is 0 Å². The second kappa shape index (κ2) is 10.6. The molecule has 0 spiro atoms. The van der Waals surface area contributed by atoms with Gasteiger partial charge in [-0.2, -0.15) is 0 Å². The molecule has 1 aliphatic carbocycles. The summed E-state index contributed by atoms with van der Waals surface area (Å²) in [6.45, 7) is 0. The fraction of sp³-hybridized carbons (Fsp3) is 0.455. The van der Waals surface area contributed by atoms with E-state index in [9.17, 15) is 14.4 Å². The number of rotatable bonds is 8. The number of amides is 1. The third-order valence-electron chi connectivity index (χ3n) is 5.41. The Bertz CT molecular complexity index is 969. The number of anilines is 1. The number of nitrogens with one attached hydrogen (secondary N) is 1. The highest BCUT2D eigenvalue weighted by Gasteiger charge is 2.26. The molecule has 1 N–H and O–H groups in total. The summed E-state index contributed by atoms with van der Waals surface area (Å²) in [5.74, 6) is -2.02. The van der Waals surface area contributed by atoms with Crippen molar-refractivity contribution >= 4 is 46.5 Å². The van der Waals surface area contributed by atoms with Crippen LogP contribution in [-0.2, 0) is 23.9 Å². The first-order valence-corrected chi connectivity index (χ1v) is 10.3. The first-order valence-electron chi connectivity index (χ1n) is 10.3. The Morgan fingerprint density at radius 3 is 2.55 bits per heavy atom. The highest BCUT2D eigenvalue weighted by atomic mass is 16.5. The van der Waals surface area contributed by atoms with Crippen molar-refractivity contribution in [2.24, 2.45) is 16.8 Å². The largest absolute Gasteiger partial charge is 0.468 e. The van der Waals surface area contributed by atoms with Crippen LogP contribution in [0.4, 0.5) is 11.5 Å². The number of esters is 2. The first kappa shape index (κ1) is 22.3. The van der Waals surface area contributed by atoms with Gasteiger partial charge in [0.1, 0.15) is 6.33 Å². The highest BCUT2D eigenvalue weighted by molar-refractivity contribution is 6.09. The summed E-state index contributed by atoms with van der Waals surface area (Å²) < 4.78 is 9.25. The summed E-state index contributed by atoms with van der Waals surface area (Å²) in [6.07, 6.45) is 8.78. The van der Waals surface area contributed by atoms with E-state index in [-0.39, 0.29) is 11.7 Å². The number of fused-ring (bicyclic) bond motifs is 1. The van der Waals surface area contributed by atoms with Gasteiger partial charge in [0.25, 0.3) is 0 Å². The molecule has 0 atom stereocenters. The van der Waals surface area contributed by atoms with Crippen LogP contribution in [0.5, 0.6) is 0 Å². The standard InChI is InChI=1S/C22H26N4O5/c1-30-21(28)17(22(29)31-2)12-23-20-16-11-15(8-9-18(16)24-13-25-20)26-19(27)10-7-14-5-3-4-6-14/h8-9,11-14,17H,3-7,10H2,1-2H3,(H,26,27). The van der Waals surface area contributed by atoms with Gasteiger partial charge in [-0.25, -0.2) is 15.0 Å². The average molecular weight is 426 g/mol. The lowest BCUT2D eigenvalue weighted by molar-refractivity contribution is -0.154. The zero-order valence-electron chi connectivity index (χ0n) is 17.7. The van der Waals surface area contributed by atoms with Gasteiger partial charge in [0.2, 0.25) is 5.91 Å². The van der Waals surface area contributed by atoms with Gasteiger partial charge in [-0.05, 0) is 30.5 Å². The van der Waals surface area contributed by atoms with E-state index in [1.165, 1.54) is 46.2 Å². The molecule has 0 unspecified atom stereocenters. The molecule has 1 aromatic heterocycles. The fourth-order valence-electron chi connectivity index (χ4n) is 3.70. The van der Waals surface area contributed by atoms with Crippen molar-refractivity contribution in [3.63, 3.8) is 0 Å². The Morgan fingerprint density at radius 2 is 1.87 bits per heavy atom. The quantitative estimate of drug-likeness (QED) is 0.391. The van der Waals surface area contributed by atoms with Crippen LogP contribution in [0.15, 0.2) is 29.5 Å². The van der Waals surface area contributed by atoms with Crippen molar-refractivity contribution in [1.29, 1.82) is 0 Å². The summed E-state index contributed by atoms with van der Waals surface area (Å²) in [4.78, 5) is 48.5. The molecule has 1 amide bonds. The number of hydrogen-bond donors (Lipinski definition) is 1. The molecule has 31 heavy (non-hydrogen) atoms. The average Bonchev–Trinajstić information content (AvgIpc) is 3.31. The van der Waals surface area contributed by atoms with Crippen LogP contribution >= 0.6 is 0 Å². The molecule has 1 aromatic carbocycles. The number of benzene rings is 1. The van der Waals surface area contributed by atoms with E-state index in [2.05, 4.69) is 29.8 Å². The Balaban J connectivity index is 1.77. The minimum Gasteiger partial charge on any atom is -0.468 e. The third kappa shape index (κ3) is 5.84. The van der Waals surface area contributed by atoms with Gasteiger partial charge in [0.05, 0.1) is 19.7 Å². The van der Waals surface area contributed by atoms with Crippen molar-refractivity contribution in [2.45, 2.75) is 38.5 Å². The maximum Gasteiger partial charge on any atom is 0.325 e. The molecular weight excluding hydrogens is 400 g/mol. The summed E-state index contributed by atoms with van der Waals surface area (Å²) in [5.41, 5.74) is 1.21. The number of methoxy groups -OCH3 is 2. The minimum atomic E-state index is -1.31. The summed E-state index contributed by atoms with van der Waals surface area (Å²) >= 11 is 0. The lowest BCUT2D eigenvalue weighted by Crippen LogP contribution is -2.27. The molecule has 2 aromatic rings. The van der Waals surface area contributed by atoms with Crippen LogP contribution in [0.2, 0.25) is 0 Å². The van der Waals surface area contributed by atoms with Gasteiger partial charge in [0.15, 0.2) is 11.7 Å². The van der Waals surface area contributed by atoms with Crippen LogP contribution in [0, 0.1) is 11.8 Å². The van der Waals surface area contributed by atoms with E-state index >= 15 is 0 Å². The lowest BCUT2D eigenvalue weighted by atomic mass is 10.0. The number of ether oxygens (including phenoxy) is 2. The Kier molecular flexibility index (Phi) is 7.64. The fourth-order valence-corrected chi connectivity index (χ4v) is 3.70. The molecule has 1 fully saturated rings. The second-order valence-corrected chi connectivity index (χ2v) is 7.47. The van der Waals surface area contributed by atoms with Gasteiger partial charge >= 0.3 is 11.9 Å². The number of aliphatic imine (C=N–C) groups is 1. The number of carbonyl (C=O) groups excluding carboxylic acids is 3. The number of hydrogen-bond acceptors (Lipinski definition) is 8. The maximum atomic E-state index is 12.3. The van der Waals surface area contributed by atoms with Gasteiger partial charge in [0, 0.05) is 23.7 Å². The minimum absolute atomic E-state index is 0.0374. The van der Waals surface area contributed by atoms with Crippen molar-refractivity contribution < 1.29 is 23.9 Å². The van der Waals surface area contributed by atoms with E-state index < -0.39 is 17.9 Å². The molecule has 3 rings (SSSR count). The molecule has 9 nitrogen and oxygen atoms in total. The number of aromatic nitrogens is 2. The Morgan fingerprint density at radius 1 is 1.16 bits per heavy atom. The maximum absolute atomic E-state index is 12.3. The number of nitrogens with zero attached hydrogens (tertiary/aromatic N) is 3. The van der Waals surface area contributed by atoms with Gasteiger partial charge in [-0.15, -0.1) is 0 Å². The topological polar surface area (TPSA) is 120 Å². The Labute approximate surface area is 180 Å². The molecule has 0 aliphatic heterocycles. The van der Waals surface area contributed by atoms with E-state index in [0.717, 1.165) is 12.6 Å². The van der Waals surface area contributed by atoms with Crippen LogP contribution in [-0.4, -0.2) is 48.2 Å². The predicted molar refractivity (Wildman–Crippen MR) is 115 cm³/mol. The molecule has 1 saturated carbocycles. The van der Waals surface area contributed by atoms with Gasteiger partial charge < -0.3 is 14.8 Å². The monoisotopic (exact) mass is 426 g/mol. The number of carbonyl (C=O) groups is 3. The molecule has 164 valence electrons. The van der Waals surface area contributed by atoms with Crippen molar-refractivity contribution in [2.75, 3.05) is 19.5 Å². The molecule has 9 heteroatoms. The summed E-state index contributed by atoms with van der Waals surface area (Å²) in [5, 5.41) is 3.48. The highest BCUT2D eigenvalue weighted by Crippen LogP contribution is 2.29. The summed E-state index contributed by atoms with van der Waals surface area (Å²) in [6, 6.07) is 5.24. The zero-order valence-corrected chi connectivity index (χ0v) is 17.7. The molecule has 1 aliphatic rings. The molecule has 1 heterocycles. The molecule has 0 saturated heterocycles.